The van der Waals surface area contributed by atoms with Crippen LogP contribution in [-0.4, -0.2) is 27.3 Å². The predicted molar refractivity (Wildman–Crippen MR) is 55.2 cm³/mol. The van der Waals surface area contributed by atoms with Crippen molar-refractivity contribution >= 4 is 0 Å². The summed E-state index contributed by atoms with van der Waals surface area (Å²) in [7, 11) is 3.12. The van der Waals surface area contributed by atoms with Gasteiger partial charge in [0.15, 0.2) is 5.67 Å². The van der Waals surface area contributed by atoms with E-state index < -0.39 is 5.67 Å². The van der Waals surface area contributed by atoms with Gasteiger partial charge in [0.2, 0.25) is 0 Å². The number of methoxy groups -OCH3 is 2. The topological polar surface area (TPSA) is 30.5 Å². The minimum atomic E-state index is -1.28. The molecule has 0 aliphatic carbocycles. The third-order valence-corrected chi connectivity index (χ3v) is 2.68. The van der Waals surface area contributed by atoms with Crippen molar-refractivity contribution in [2.75, 3.05) is 27.3 Å². The van der Waals surface area contributed by atoms with E-state index in [2.05, 4.69) is 5.32 Å². The van der Waals surface area contributed by atoms with Crippen molar-refractivity contribution in [3.63, 3.8) is 0 Å². The highest BCUT2D eigenvalue weighted by Crippen LogP contribution is 2.35. The van der Waals surface area contributed by atoms with E-state index in [9.17, 15) is 4.39 Å². The minimum Gasteiger partial charge on any atom is -0.497 e. The fourth-order valence-corrected chi connectivity index (χ4v) is 1.61. The molecule has 2 rings (SSSR count). The Morgan fingerprint density at radius 1 is 1.13 bits per heavy atom. The smallest absolute Gasteiger partial charge is 0.160 e. The fourth-order valence-electron chi connectivity index (χ4n) is 1.61. The third-order valence-electron chi connectivity index (χ3n) is 2.68. The zero-order chi connectivity index (χ0) is 10.9. The number of ether oxygens (including phenoxy) is 2. The summed E-state index contributed by atoms with van der Waals surface area (Å²) in [5, 5.41) is 2.92. The number of hydrogen-bond acceptors (Lipinski definition) is 3. The Balaban J connectivity index is 2.37. The Labute approximate surface area is 88.2 Å². The molecule has 0 aromatic heterocycles. The maximum atomic E-state index is 14.1. The normalized spacial score (nSPS) is 18.1. The van der Waals surface area contributed by atoms with Gasteiger partial charge in [0.1, 0.15) is 11.5 Å². The molecule has 15 heavy (non-hydrogen) atoms. The van der Waals surface area contributed by atoms with E-state index in [0.29, 0.717) is 30.2 Å². The Morgan fingerprint density at radius 3 is 2.00 bits per heavy atom. The van der Waals surface area contributed by atoms with Gasteiger partial charge in [0, 0.05) is 19.2 Å². The van der Waals surface area contributed by atoms with E-state index in [1.54, 1.807) is 32.4 Å². The average Bonchev–Trinajstić information content (AvgIpc) is 2.25. The molecule has 1 aromatic carbocycles. The summed E-state index contributed by atoms with van der Waals surface area (Å²) in [6.07, 6.45) is 0. The monoisotopic (exact) mass is 211 g/mol. The predicted octanol–water partition coefficient (Wildman–Crippen LogP) is 1.47. The second-order valence-corrected chi connectivity index (χ2v) is 3.67. The standard InChI is InChI=1S/C11H14FNO2/c1-14-9-3-8(4-10(5-9)15-2)11(12)6-13-7-11/h3-5,13H,6-7H2,1-2H3. The molecule has 0 spiro atoms. The van der Waals surface area contributed by atoms with E-state index in [1.807, 2.05) is 0 Å². The summed E-state index contributed by atoms with van der Waals surface area (Å²) >= 11 is 0. The van der Waals surface area contributed by atoms with Gasteiger partial charge in [-0.1, -0.05) is 0 Å². The Morgan fingerprint density at radius 2 is 1.67 bits per heavy atom. The van der Waals surface area contributed by atoms with Crippen LogP contribution in [0.3, 0.4) is 0 Å². The van der Waals surface area contributed by atoms with Crippen LogP contribution in [0.15, 0.2) is 18.2 Å². The summed E-state index contributed by atoms with van der Waals surface area (Å²) in [4.78, 5) is 0. The number of halogens is 1. The number of benzene rings is 1. The lowest BCUT2D eigenvalue weighted by atomic mass is 9.90. The number of hydrogen-bond donors (Lipinski definition) is 1. The first-order valence-electron chi connectivity index (χ1n) is 4.81. The molecule has 1 N–H and O–H groups in total. The van der Waals surface area contributed by atoms with Gasteiger partial charge in [0.25, 0.3) is 0 Å². The molecule has 4 heteroatoms. The first-order chi connectivity index (χ1) is 7.18. The lowest BCUT2D eigenvalue weighted by Crippen LogP contribution is -2.53. The molecule has 82 valence electrons. The maximum absolute atomic E-state index is 14.1. The second-order valence-electron chi connectivity index (χ2n) is 3.67. The summed E-state index contributed by atoms with van der Waals surface area (Å²) in [6.45, 7) is 0.701. The summed E-state index contributed by atoms with van der Waals surface area (Å²) in [6, 6.07) is 5.16. The zero-order valence-corrected chi connectivity index (χ0v) is 8.84. The Kier molecular flexibility index (Phi) is 2.52. The zero-order valence-electron chi connectivity index (χ0n) is 8.84. The van der Waals surface area contributed by atoms with Crippen LogP contribution in [0.2, 0.25) is 0 Å². The number of rotatable bonds is 3. The van der Waals surface area contributed by atoms with Crippen molar-refractivity contribution in [1.29, 1.82) is 0 Å². The molecule has 0 saturated carbocycles. The highest BCUT2D eigenvalue weighted by molar-refractivity contribution is 5.42. The summed E-state index contributed by atoms with van der Waals surface area (Å²) in [5.74, 6) is 1.24. The highest BCUT2D eigenvalue weighted by atomic mass is 19.1. The molecular formula is C11H14FNO2. The molecule has 1 heterocycles. The lowest BCUT2D eigenvalue weighted by molar-refractivity contribution is 0.0885. The quantitative estimate of drug-likeness (QED) is 0.821. The Hall–Kier alpha value is -1.29. The number of nitrogens with one attached hydrogen (secondary N) is 1. The molecule has 0 bridgehead atoms. The van der Waals surface area contributed by atoms with Crippen molar-refractivity contribution in [1.82, 2.24) is 5.32 Å². The van der Waals surface area contributed by atoms with Crippen LogP contribution in [0.4, 0.5) is 4.39 Å². The third kappa shape index (κ3) is 1.77. The van der Waals surface area contributed by atoms with Crippen molar-refractivity contribution in [3.8, 4) is 11.5 Å². The molecule has 1 aliphatic rings. The minimum absolute atomic E-state index is 0.351. The van der Waals surface area contributed by atoms with Gasteiger partial charge in [0.05, 0.1) is 14.2 Å². The van der Waals surface area contributed by atoms with Crippen LogP contribution in [0, 0.1) is 0 Å². The van der Waals surface area contributed by atoms with Crippen molar-refractivity contribution in [2.45, 2.75) is 5.67 Å². The lowest BCUT2D eigenvalue weighted by Gasteiger charge is -2.35. The van der Waals surface area contributed by atoms with Crippen LogP contribution in [0.25, 0.3) is 0 Å². The highest BCUT2D eigenvalue weighted by Gasteiger charge is 2.39. The van der Waals surface area contributed by atoms with Gasteiger partial charge in [-0.2, -0.15) is 0 Å². The summed E-state index contributed by atoms with van der Waals surface area (Å²) < 4.78 is 24.3. The maximum Gasteiger partial charge on any atom is 0.160 e. The Bertz CT molecular complexity index is 341. The van der Waals surface area contributed by atoms with Crippen LogP contribution in [0.5, 0.6) is 11.5 Å². The largest absolute Gasteiger partial charge is 0.497 e. The SMILES string of the molecule is COc1cc(OC)cc(C2(F)CNC2)c1. The van der Waals surface area contributed by atoms with Gasteiger partial charge in [-0.15, -0.1) is 0 Å². The molecule has 1 saturated heterocycles. The molecule has 0 radical (unpaired) electrons. The van der Waals surface area contributed by atoms with Gasteiger partial charge in [-0.05, 0) is 17.7 Å². The van der Waals surface area contributed by atoms with Crippen LogP contribution in [0.1, 0.15) is 5.56 Å². The van der Waals surface area contributed by atoms with Gasteiger partial charge < -0.3 is 14.8 Å². The molecule has 0 unspecified atom stereocenters. The fraction of sp³-hybridized carbons (Fsp3) is 0.455. The average molecular weight is 211 g/mol. The molecular weight excluding hydrogens is 197 g/mol. The second kappa shape index (κ2) is 3.70. The van der Waals surface area contributed by atoms with Gasteiger partial charge >= 0.3 is 0 Å². The van der Waals surface area contributed by atoms with Gasteiger partial charge in [-0.3, -0.25) is 0 Å². The molecule has 0 amide bonds. The summed E-state index contributed by atoms with van der Waals surface area (Å²) in [5.41, 5.74) is -0.667. The molecule has 1 fully saturated rings. The van der Waals surface area contributed by atoms with E-state index in [4.69, 9.17) is 9.47 Å². The van der Waals surface area contributed by atoms with Crippen LogP contribution < -0.4 is 14.8 Å². The first kappa shape index (κ1) is 10.2. The van der Waals surface area contributed by atoms with Crippen molar-refractivity contribution in [3.05, 3.63) is 23.8 Å². The van der Waals surface area contributed by atoms with E-state index in [-0.39, 0.29) is 0 Å². The molecule has 1 aliphatic heterocycles. The van der Waals surface area contributed by atoms with Crippen LogP contribution >= 0.6 is 0 Å². The van der Waals surface area contributed by atoms with Crippen molar-refractivity contribution in [2.24, 2.45) is 0 Å². The van der Waals surface area contributed by atoms with Crippen molar-refractivity contribution < 1.29 is 13.9 Å². The van der Waals surface area contributed by atoms with E-state index >= 15 is 0 Å². The molecule has 3 nitrogen and oxygen atoms in total. The van der Waals surface area contributed by atoms with E-state index in [1.165, 1.54) is 0 Å². The van der Waals surface area contributed by atoms with Crippen LogP contribution in [-0.2, 0) is 5.67 Å². The van der Waals surface area contributed by atoms with E-state index in [0.717, 1.165) is 0 Å². The number of alkyl halides is 1. The molecule has 0 atom stereocenters. The molecule has 1 aromatic rings. The first-order valence-corrected chi connectivity index (χ1v) is 4.81. The van der Waals surface area contributed by atoms with Gasteiger partial charge in [-0.25, -0.2) is 4.39 Å².